The van der Waals surface area contributed by atoms with E-state index in [0.717, 1.165) is 24.9 Å². The maximum absolute atomic E-state index is 11.1. The van der Waals surface area contributed by atoms with Gasteiger partial charge in [0.2, 0.25) is 11.8 Å². The van der Waals surface area contributed by atoms with E-state index in [0.29, 0.717) is 18.9 Å². The van der Waals surface area contributed by atoms with Gasteiger partial charge in [-0.1, -0.05) is 0 Å². The number of rotatable bonds is 3. The molecule has 0 spiro atoms. The summed E-state index contributed by atoms with van der Waals surface area (Å²) in [7, 11) is 1.93. The van der Waals surface area contributed by atoms with Crippen LogP contribution < -0.4 is 9.80 Å². The van der Waals surface area contributed by atoms with Crippen molar-refractivity contribution in [2.24, 2.45) is 7.05 Å². The molecule has 9 nitrogen and oxygen atoms in total. The van der Waals surface area contributed by atoms with Gasteiger partial charge in [0.05, 0.1) is 4.92 Å². The predicted molar refractivity (Wildman–Crippen MR) is 81.1 cm³/mol. The van der Waals surface area contributed by atoms with E-state index in [1.807, 2.05) is 23.4 Å². The number of aromatic nitrogens is 4. The molecule has 3 heterocycles. The van der Waals surface area contributed by atoms with Gasteiger partial charge in [-0.2, -0.15) is 0 Å². The van der Waals surface area contributed by atoms with Crippen molar-refractivity contribution in [3.8, 4) is 0 Å². The summed E-state index contributed by atoms with van der Waals surface area (Å²) in [4.78, 5) is 19.0. The van der Waals surface area contributed by atoms with Crippen LogP contribution in [0.1, 0.15) is 5.82 Å². The Labute approximate surface area is 127 Å². The van der Waals surface area contributed by atoms with Crippen LogP contribution in [0.2, 0.25) is 0 Å². The first-order valence-corrected chi connectivity index (χ1v) is 7.03. The lowest BCUT2D eigenvalue weighted by molar-refractivity contribution is -0.384. The van der Waals surface area contributed by atoms with Gasteiger partial charge in [-0.25, -0.2) is 4.98 Å². The Morgan fingerprint density at radius 1 is 1.18 bits per heavy atom. The number of piperazine rings is 1. The lowest BCUT2D eigenvalue weighted by Gasteiger charge is -2.35. The van der Waals surface area contributed by atoms with Gasteiger partial charge in [-0.3, -0.25) is 10.1 Å². The topological polar surface area (TPSA) is 93.2 Å². The molecule has 1 fully saturated rings. The fourth-order valence-corrected chi connectivity index (χ4v) is 2.56. The minimum absolute atomic E-state index is 0.0467. The average molecular weight is 303 g/mol. The summed E-state index contributed by atoms with van der Waals surface area (Å²) >= 11 is 0. The maximum atomic E-state index is 11.1. The number of nitro groups is 1. The molecule has 1 saturated heterocycles. The predicted octanol–water partition coefficient (Wildman–Crippen LogP) is 0.753. The second-order valence-electron chi connectivity index (χ2n) is 5.18. The van der Waals surface area contributed by atoms with Gasteiger partial charge >= 0.3 is 5.69 Å². The van der Waals surface area contributed by atoms with Gasteiger partial charge in [0.1, 0.15) is 5.82 Å². The van der Waals surface area contributed by atoms with Crippen molar-refractivity contribution in [3.63, 3.8) is 0 Å². The monoisotopic (exact) mass is 303 g/mol. The molecule has 3 rings (SSSR count). The van der Waals surface area contributed by atoms with E-state index in [2.05, 4.69) is 20.1 Å². The third-order valence-corrected chi connectivity index (χ3v) is 3.89. The number of hydrogen-bond donors (Lipinski definition) is 0. The van der Waals surface area contributed by atoms with Gasteiger partial charge in [-0.05, 0) is 13.0 Å². The van der Waals surface area contributed by atoms with Gasteiger partial charge in [0, 0.05) is 45.5 Å². The Hall–Kier alpha value is -2.71. The molecule has 0 amide bonds. The number of anilines is 2. The maximum Gasteiger partial charge on any atom is 0.311 e. The number of aryl methyl sites for hydroxylation is 1. The van der Waals surface area contributed by atoms with Crippen molar-refractivity contribution < 1.29 is 4.92 Å². The largest absolute Gasteiger partial charge is 0.347 e. The second kappa shape index (κ2) is 5.58. The molecule has 22 heavy (non-hydrogen) atoms. The number of pyridine rings is 1. The summed E-state index contributed by atoms with van der Waals surface area (Å²) in [5, 5.41) is 19.3. The van der Waals surface area contributed by atoms with E-state index < -0.39 is 0 Å². The fraction of sp³-hybridized carbons (Fsp3) is 0.462. The highest BCUT2D eigenvalue weighted by molar-refractivity contribution is 5.58. The first kappa shape index (κ1) is 14.2. The SMILES string of the molecule is Cc1nnc(N2CCN(c3ncccc3[N+](=O)[O-])CC2)n1C. The molecule has 0 aromatic carbocycles. The van der Waals surface area contributed by atoms with Crippen molar-refractivity contribution in [2.75, 3.05) is 36.0 Å². The molecular weight excluding hydrogens is 286 g/mol. The molecule has 1 aliphatic heterocycles. The molecule has 116 valence electrons. The van der Waals surface area contributed by atoms with Gasteiger partial charge in [0.15, 0.2) is 0 Å². The summed E-state index contributed by atoms with van der Waals surface area (Å²) in [6, 6.07) is 3.07. The van der Waals surface area contributed by atoms with Crippen molar-refractivity contribution in [3.05, 3.63) is 34.3 Å². The van der Waals surface area contributed by atoms with Crippen LogP contribution in [0.5, 0.6) is 0 Å². The lowest BCUT2D eigenvalue weighted by atomic mass is 10.3. The summed E-state index contributed by atoms with van der Waals surface area (Å²) in [5.74, 6) is 2.12. The molecule has 0 saturated carbocycles. The molecule has 0 unspecified atom stereocenters. The highest BCUT2D eigenvalue weighted by atomic mass is 16.6. The second-order valence-corrected chi connectivity index (χ2v) is 5.18. The molecule has 2 aromatic rings. The average Bonchev–Trinajstić information content (AvgIpc) is 2.87. The van der Waals surface area contributed by atoms with E-state index in [1.165, 1.54) is 6.07 Å². The molecule has 0 radical (unpaired) electrons. The van der Waals surface area contributed by atoms with Crippen molar-refractivity contribution in [2.45, 2.75) is 6.92 Å². The number of nitrogens with zero attached hydrogens (tertiary/aromatic N) is 7. The molecular formula is C13H17N7O2. The first-order valence-electron chi connectivity index (χ1n) is 7.03. The van der Waals surface area contributed by atoms with Crippen molar-refractivity contribution in [1.82, 2.24) is 19.7 Å². The van der Waals surface area contributed by atoms with Gasteiger partial charge in [-0.15, -0.1) is 10.2 Å². The van der Waals surface area contributed by atoms with Crippen molar-refractivity contribution >= 4 is 17.5 Å². The van der Waals surface area contributed by atoms with E-state index in [-0.39, 0.29) is 10.6 Å². The van der Waals surface area contributed by atoms with Crippen LogP contribution in [0.3, 0.4) is 0 Å². The van der Waals surface area contributed by atoms with Crippen LogP contribution in [0, 0.1) is 17.0 Å². The van der Waals surface area contributed by atoms with Crippen molar-refractivity contribution in [1.29, 1.82) is 0 Å². The van der Waals surface area contributed by atoms with E-state index in [4.69, 9.17) is 0 Å². The third-order valence-electron chi connectivity index (χ3n) is 3.89. The van der Waals surface area contributed by atoms with Gasteiger partial charge < -0.3 is 14.4 Å². The Balaban J connectivity index is 1.75. The summed E-state index contributed by atoms with van der Waals surface area (Å²) in [5.41, 5.74) is 0.0467. The van der Waals surface area contributed by atoms with Crippen LogP contribution in [0.4, 0.5) is 17.5 Å². The lowest BCUT2D eigenvalue weighted by Crippen LogP contribution is -2.47. The normalized spacial score (nSPS) is 15.2. The molecule has 0 aliphatic carbocycles. The highest BCUT2D eigenvalue weighted by Gasteiger charge is 2.26. The fourth-order valence-electron chi connectivity index (χ4n) is 2.56. The van der Waals surface area contributed by atoms with Crippen LogP contribution in [0.25, 0.3) is 0 Å². The van der Waals surface area contributed by atoms with E-state index in [1.54, 1.807) is 12.3 Å². The molecule has 9 heteroatoms. The van der Waals surface area contributed by atoms with Crippen LogP contribution in [-0.2, 0) is 7.05 Å². The summed E-state index contributed by atoms with van der Waals surface area (Å²) < 4.78 is 1.94. The Bertz CT molecular complexity index is 691. The standard InChI is InChI=1S/C13H17N7O2/c1-10-15-16-13(17(10)2)19-8-6-18(7-9-19)12-11(20(21)22)4-3-5-14-12/h3-5H,6-9H2,1-2H3. The van der Waals surface area contributed by atoms with Crippen LogP contribution in [-0.4, -0.2) is 50.9 Å². The minimum Gasteiger partial charge on any atom is -0.347 e. The van der Waals surface area contributed by atoms with Gasteiger partial charge in [0.25, 0.3) is 0 Å². The smallest absolute Gasteiger partial charge is 0.311 e. The molecule has 2 aromatic heterocycles. The van der Waals surface area contributed by atoms with E-state index in [9.17, 15) is 10.1 Å². The first-order chi connectivity index (χ1) is 10.6. The zero-order valence-corrected chi connectivity index (χ0v) is 12.5. The summed E-state index contributed by atoms with van der Waals surface area (Å²) in [6.07, 6.45) is 1.58. The quantitative estimate of drug-likeness (QED) is 0.610. The number of hydrogen-bond acceptors (Lipinski definition) is 7. The third kappa shape index (κ3) is 2.45. The zero-order chi connectivity index (χ0) is 15.7. The van der Waals surface area contributed by atoms with Crippen LogP contribution >= 0.6 is 0 Å². The Morgan fingerprint density at radius 3 is 2.45 bits per heavy atom. The molecule has 0 bridgehead atoms. The molecule has 0 atom stereocenters. The Kier molecular flexibility index (Phi) is 3.61. The Morgan fingerprint density at radius 2 is 1.86 bits per heavy atom. The zero-order valence-electron chi connectivity index (χ0n) is 12.5. The van der Waals surface area contributed by atoms with E-state index >= 15 is 0 Å². The molecule has 0 N–H and O–H groups in total. The highest BCUT2D eigenvalue weighted by Crippen LogP contribution is 2.26. The van der Waals surface area contributed by atoms with Crippen LogP contribution in [0.15, 0.2) is 18.3 Å². The summed E-state index contributed by atoms with van der Waals surface area (Å²) in [6.45, 7) is 4.66. The molecule has 1 aliphatic rings. The minimum atomic E-state index is -0.388.